The van der Waals surface area contributed by atoms with Gasteiger partial charge in [0.2, 0.25) is 0 Å². The van der Waals surface area contributed by atoms with Crippen LogP contribution < -0.4 is 15.5 Å². The first-order valence-electron chi connectivity index (χ1n) is 8.11. The molecule has 0 atom stereocenters. The van der Waals surface area contributed by atoms with E-state index in [0.29, 0.717) is 13.1 Å². The average molecular weight is 328 g/mol. The van der Waals surface area contributed by atoms with E-state index in [4.69, 9.17) is 0 Å². The minimum Gasteiger partial charge on any atom is -0.378 e. The third-order valence-electron chi connectivity index (χ3n) is 3.56. The van der Waals surface area contributed by atoms with Crippen LogP contribution in [-0.2, 0) is 13.1 Å². The molecule has 0 amide bonds. The van der Waals surface area contributed by atoms with Crippen molar-refractivity contribution in [1.29, 1.82) is 0 Å². The van der Waals surface area contributed by atoms with Crippen molar-refractivity contribution in [2.75, 3.05) is 25.5 Å². The van der Waals surface area contributed by atoms with Gasteiger partial charge < -0.3 is 15.5 Å². The molecular formula is C19H25FN4. The van der Waals surface area contributed by atoms with Gasteiger partial charge >= 0.3 is 0 Å². The summed E-state index contributed by atoms with van der Waals surface area (Å²) < 4.78 is 12.9. The van der Waals surface area contributed by atoms with Crippen LogP contribution in [0.2, 0.25) is 0 Å². The number of nitrogens with zero attached hydrogens (tertiary/aromatic N) is 2. The Morgan fingerprint density at radius 2 is 1.79 bits per heavy atom. The number of aliphatic imine (C=N–C) groups is 1. The van der Waals surface area contributed by atoms with Gasteiger partial charge in [0.15, 0.2) is 5.96 Å². The summed E-state index contributed by atoms with van der Waals surface area (Å²) in [6.45, 7) is 4.01. The average Bonchev–Trinajstić information content (AvgIpc) is 2.59. The van der Waals surface area contributed by atoms with Crippen LogP contribution in [0.4, 0.5) is 10.1 Å². The van der Waals surface area contributed by atoms with Gasteiger partial charge in [-0.05, 0) is 42.3 Å². The molecule has 5 heteroatoms. The molecule has 24 heavy (non-hydrogen) atoms. The first-order chi connectivity index (χ1) is 11.6. The first-order valence-corrected chi connectivity index (χ1v) is 8.11. The zero-order valence-corrected chi connectivity index (χ0v) is 14.5. The molecule has 0 heterocycles. The molecule has 0 aliphatic carbocycles. The number of hydrogen-bond acceptors (Lipinski definition) is 2. The van der Waals surface area contributed by atoms with E-state index < -0.39 is 0 Å². The Morgan fingerprint density at radius 1 is 1.04 bits per heavy atom. The van der Waals surface area contributed by atoms with E-state index in [1.54, 1.807) is 12.1 Å². The van der Waals surface area contributed by atoms with Crippen molar-refractivity contribution in [2.45, 2.75) is 20.0 Å². The molecule has 2 aromatic carbocycles. The lowest BCUT2D eigenvalue weighted by Crippen LogP contribution is -2.36. The molecule has 0 fully saturated rings. The first kappa shape index (κ1) is 17.8. The van der Waals surface area contributed by atoms with Crippen LogP contribution in [0.3, 0.4) is 0 Å². The SMILES string of the molecule is CCNC(=NCc1cccc(N(C)C)c1)NCc1ccc(F)cc1. The molecule has 2 rings (SSSR count). The fourth-order valence-corrected chi connectivity index (χ4v) is 2.23. The summed E-state index contributed by atoms with van der Waals surface area (Å²) in [5.41, 5.74) is 3.32. The Morgan fingerprint density at radius 3 is 2.46 bits per heavy atom. The molecule has 128 valence electrons. The summed E-state index contributed by atoms with van der Waals surface area (Å²) in [5, 5.41) is 6.50. The fourth-order valence-electron chi connectivity index (χ4n) is 2.23. The van der Waals surface area contributed by atoms with Crippen LogP contribution >= 0.6 is 0 Å². The van der Waals surface area contributed by atoms with Crippen LogP contribution in [0.15, 0.2) is 53.5 Å². The highest BCUT2D eigenvalue weighted by molar-refractivity contribution is 5.79. The van der Waals surface area contributed by atoms with E-state index in [0.717, 1.165) is 29.3 Å². The van der Waals surface area contributed by atoms with Gasteiger partial charge in [-0.15, -0.1) is 0 Å². The lowest BCUT2D eigenvalue weighted by atomic mass is 10.2. The maximum absolute atomic E-state index is 12.9. The Kier molecular flexibility index (Phi) is 6.61. The van der Waals surface area contributed by atoms with E-state index >= 15 is 0 Å². The molecule has 2 aromatic rings. The van der Waals surface area contributed by atoms with E-state index in [9.17, 15) is 4.39 Å². The summed E-state index contributed by atoms with van der Waals surface area (Å²) in [4.78, 5) is 6.69. The monoisotopic (exact) mass is 328 g/mol. The van der Waals surface area contributed by atoms with Crippen molar-refractivity contribution in [1.82, 2.24) is 10.6 Å². The van der Waals surface area contributed by atoms with E-state index in [-0.39, 0.29) is 5.82 Å². The molecule has 0 aromatic heterocycles. The summed E-state index contributed by atoms with van der Waals surface area (Å²) >= 11 is 0. The highest BCUT2D eigenvalue weighted by atomic mass is 19.1. The molecule has 0 spiro atoms. The predicted molar refractivity (Wildman–Crippen MR) is 98.8 cm³/mol. The second kappa shape index (κ2) is 8.91. The normalized spacial score (nSPS) is 11.2. The van der Waals surface area contributed by atoms with Gasteiger partial charge in [-0.2, -0.15) is 0 Å². The van der Waals surface area contributed by atoms with Gasteiger partial charge in [0.05, 0.1) is 6.54 Å². The number of benzene rings is 2. The van der Waals surface area contributed by atoms with Gasteiger partial charge in [0, 0.05) is 32.9 Å². The largest absolute Gasteiger partial charge is 0.378 e. The van der Waals surface area contributed by atoms with Crippen LogP contribution in [-0.4, -0.2) is 26.6 Å². The lowest BCUT2D eigenvalue weighted by molar-refractivity contribution is 0.626. The molecule has 0 radical (unpaired) electrons. The third kappa shape index (κ3) is 5.57. The second-order valence-electron chi connectivity index (χ2n) is 5.74. The van der Waals surface area contributed by atoms with Gasteiger partial charge in [0.1, 0.15) is 5.82 Å². The minimum atomic E-state index is -0.222. The fraction of sp³-hybridized carbons (Fsp3) is 0.316. The highest BCUT2D eigenvalue weighted by Gasteiger charge is 2.01. The summed E-state index contributed by atoms with van der Waals surface area (Å²) in [7, 11) is 4.05. The molecule has 2 N–H and O–H groups in total. The van der Waals surface area contributed by atoms with E-state index in [1.165, 1.54) is 12.1 Å². The van der Waals surface area contributed by atoms with Crippen molar-refractivity contribution in [3.05, 3.63) is 65.5 Å². The number of halogens is 1. The smallest absolute Gasteiger partial charge is 0.191 e. The van der Waals surface area contributed by atoms with Crippen molar-refractivity contribution in [2.24, 2.45) is 4.99 Å². The van der Waals surface area contributed by atoms with Crippen molar-refractivity contribution >= 4 is 11.6 Å². The second-order valence-corrected chi connectivity index (χ2v) is 5.74. The maximum atomic E-state index is 12.9. The zero-order valence-electron chi connectivity index (χ0n) is 14.5. The number of anilines is 1. The third-order valence-corrected chi connectivity index (χ3v) is 3.56. The van der Waals surface area contributed by atoms with Gasteiger partial charge in [-0.1, -0.05) is 24.3 Å². The zero-order chi connectivity index (χ0) is 17.4. The van der Waals surface area contributed by atoms with E-state index in [2.05, 4.69) is 38.7 Å². The molecule has 0 bridgehead atoms. The summed E-state index contributed by atoms with van der Waals surface area (Å²) in [5.74, 6) is 0.525. The Balaban J connectivity index is 1.99. The molecule has 0 unspecified atom stereocenters. The van der Waals surface area contributed by atoms with Gasteiger partial charge in [-0.3, -0.25) is 0 Å². The lowest BCUT2D eigenvalue weighted by Gasteiger charge is -2.14. The van der Waals surface area contributed by atoms with Crippen LogP contribution in [0, 0.1) is 5.82 Å². The van der Waals surface area contributed by atoms with Crippen molar-refractivity contribution in [3.63, 3.8) is 0 Å². The number of rotatable bonds is 6. The molecule has 0 aliphatic rings. The van der Waals surface area contributed by atoms with Crippen LogP contribution in [0.1, 0.15) is 18.1 Å². The number of nitrogens with one attached hydrogen (secondary N) is 2. The molecule has 4 nitrogen and oxygen atoms in total. The number of hydrogen-bond donors (Lipinski definition) is 2. The van der Waals surface area contributed by atoms with Crippen LogP contribution in [0.5, 0.6) is 0 Å². The summed E-state index contributed by atoms with van der Waals surface area (Å²) in [6, 6.07) is 14.8. The molecular weight excluding hydrogens is 303 g/mol. The molecule has 0 aliphatic heterocycles. The predicted octanol–water partition coefficient (Wildman–Crippen LogP) is 3.15. The Hall–Kier alpha value is -2.56. The van der Waals surface area contributed by atoms with Crippen LogP contribution in [0.25, 0.3) is 0 Å². The van der Waals surface area contributed by atoms with Crippen molar-refractivity contribution in [3.8, 4) is 0 Å². The Bertz CT molecular complexity index is 665. The van der Waals surface area contributed by atoms with Gasteiger partial charge in [-0.25, -0.2) is 9.38 Å². The highest BCUT2D eigenvalue weighted by Crippen LogP contribution is 2.14. The molecule has 0 saturated heterocycles. The quantitative estimate of drug-likeness (QED) is 0.632. The van der Waals surface area contributed by atoms with Crippen molar-refractivity contribution < 1.29 is 4.39 Å². The topological polar surface area (TPSA) is 39.7 Å². The Labute approximate surface area is 143 Å². The standard InChI is InChI=1S/C19H25FN4/c1-4-21-19(22-13-15-8-10-17(20)11-9-15)23-14-16-6-5-7-18(12-16)24(2)3/h5-12H,4,13-14H2,1-3H3,(H2,21,22,23). The molecule has 0 saturated carbocycles. The van der Waals surface area contributed by atoms with E-state index in [1.807, 2.05) is 27.1 Å². The maximum Gasteiger partial charge on any atom is 0.191 e. The summed E-state index contributed by atoms with van der Waals surface area (Å²) in [6.07, 6.45) is 0. The number of guanidine groups is 1. The minimum absolute atomic E-state index is 0.222. The van der Waals surface area contributed by atoms with Gasteiger partial charge in [0.25, 0.3) is 0 Å².